The number of hydrogen-bond donors (Lipinski definition) is 0. The van der Waals surface area contributed by atoms with Crippen molar-refractivity contribution in [1.29, 1.82) is 0 Å². The minimum atomic E-state index is 0.764. The van der Waals surface area contributed by atoms with E-state index in [-0.39, 0.29) is 0 Å². The van der Waals surface area contributed by atoms with Crippen molar-refractivity contribution in [2.75, 3.05) is 6.54 Å². The number of hydrogen-bond acceptors (Lipinski definition) is 6. The van der Waals surface area contributed by atoms with Crippen LogP contribution in [0.1, 0.15) is 17.0 Å². The van der Waals surface area contributed by atoms with E-state index in [0.717, 1.165) is 48.8 Å². The van der Waals surface area contributed by atoms with E-state index in [0.29, 0.717) is 0 Å². The summed E-state index contributed by atoms with van der Waals surface area (Å²) in [5.74, 6) is 0.764. The van der Waals surface area contributed by atoms with E-state index in [9.17, 15) is 0 Å². The van der Waals surface area contributed by atoms with Gasteiger partial charge in [0.15, 0.2) is 5.82 Å². The van der Waals surface area contributed by atoms with Crippen molar-refractivity contribution in [2.45, 2.75) is 19.5 Å². The minimum Gasteiger partial charge on any atom is -0.293 e. The summed E-state index contributed by atoms with van der Waals surface area (Å²) in [6.45, 7) is 2.79. The maximum absolute atomic E-state index is 4.72. The summed E-state index contributed by atoms with van der Waals surface area (Å²) >= 11 is 1.64. The van der Waals surface area contributed by atoms with Crippen LogP contribution in [0, 0.1) is 0 Å². The predicted octanol–water partition coefficient (Wildman–Crippen LogP) is 2.55. The largest absolute Gasteiger partial charge is 0.293 e. The lowest BCUT2D eigenvalue weighted by Crippen LogP contribution is -2.31. The molecule has 4 rings (SSSR count). The summed E-state index contributed by atoms with van der Waals surface area (Å²) in [6.07, 6.45) is 6.48. The molecule has 3 aromatic rings. The number of thiazole rings is 1. The Morgan fingerprint density at radius 2 is 2.23 bits per heavy atom. The van der Waals surface area contributed by atoms with E-state index in [1.54, 1.807) is 23.7 Å². The van der Waals surface area contributed by atoms with Crippen LogP contribution in [-0.4, -0.2) is 31.4 Å². The molecule has 0 spiro atoms. The molecule has 0 atom stereocenters. The first-order chi connectivity index (χ1) is 10.9. The van der Waals surface area contributed by atoms with Gasteiger partial charge in [0.2, 0.25) is 0 Å². The maximum Gasteiger partial charge on any atom is 0.160 e. The van der Waals surface area contributed by atoms with Crippen LogP contribution in [0.25, 0.3) is 11.4 Å². The second-order valence-corrected chi connectivity index (χ2v) is 6.07. The standard InChI is InChI=1S/C16H15N5S/c1-2-12(6-17-4-1)16-18-7-13-8-21(5-3-15(13)20-16)9-14-10-22-11-19-14/h1-2,4,6-7,10-11H,3,5,8-9H2. The van der Waals surface area contributed by atoms with Crippen molar-refractivity contribution < 1.29 is 0 Å². The molecule has 1 aliphatic heterocycles. The van der Waals surface area contributed by atoms with E-state index in [2.05, 4.69) is 25.2 Å². The molecule has 0 aliphatic carbocycles. The highest BCUT2D eigenvalue weighted by Crippen LogP contribution is 2.21. The molecule has 0 N–H and O–H groups in total. The monoisotopic (exact) mass is 309 g/mol. The van der Waals surface area contributed by atoms with Crippen molar-refractivity contribution >= 4 is 11.3 Å². The van der Waals surface area contributed by atoms with Gasteiger partial charge in [0, 0.05) is 61.2 Å². The molecule has 3 aromatic heterocycles. The molecule has 0 radical (unpaired) electrons. The van der Waals surface area contributed by atoms with E-state index in [1.165, 1.54) is 5.56 Å². The van der Waals surface area contributed by atoms with E-state index >= 15 is 0 Å². The average Bonchev–Trinajstić information content (AvgIpc) is 3.08. The molecule has 110 valence electrons. The molecule has 0 bridgehead atoms. The summed E-state index contributed by atoms with van der Waals surface area (Å²) in [5.41, 5.74) is 6.37. The van der Waals surface area contributed by atoms with Gasteiger partial charge in [0.05, 0.1) is 16.9 Å². The van der Waals surface area contributed by atoms with Crippen molar-refractivity contribution in [3.8, 4) is 11.4 Å². The predicted molar refractivity (Wildman–Crippen MR) is 85.2 cm³/mol. The maximum atomic E-state index is 4.72. The zero-order valence-corrected chi connectivity index (χ0v) is 12.8. The van der Waals surface area contributed by atoms with E-state index < -0.39 is 0 Å². The lowest BCUT2D eigenvalue weighted by atomic mass is 10.1. The Hall–Kier alpha value is -2.18. The molecule has 0 unspecified atom stereocenters. The van der Waals surface area contributed by atoms with Gasteiger partial charge in [0.1, 0.15) is 0 Å². The lowest BCUT2D eigenvalue weighted by Gasteiger charge is -2.27. The normalized spacial score (nSPS) is 14.7. The van der Waals surface area contributed by atoms with Gasteiger partial charge < -0.3 is 0 Å². The Labute approximate surface area is 132 Å². The van der Waals surface area contributed by atoms with Crippen molar-refractivity contribution in [3.05, 3.63) is 58.6 Å². The first kappa shape index (κ1) is 13.5. The van der Waals surface area contributed by atoms with Crippen LogP contribution in [-0.2, 0) is 19.5 Å². The molecule has 5 nitrogen and oxygen atoms in total. The number of rotatable bonds is 3. The molecular formula is C16H15N5S. The number of nitrogens with zero attached hydrogens (tertiary/aromatic N) is 5. The number of aromatic nitrogens is 4. The van der Waals surface area contributed by atoms with Gasteiger partial charge in [-0.2, -0.15) is 0 Å². The molecule has 0 saturated carbocycles. The first-order valence-electron chi connectivity index (χ1n) is 7.23. The van der Waals surface area contributed by atoms with Gasteiger partial charge in [-0.15, -0.1) is 11.3 Å². The summed E-state index contributed by atoms with van der Waals surface area (Å²) in [7, 11) is 0. The Kier molecular flexibility index (Phi) is 3.62. The van der Waals surface area contributed by atoms with Gasteiger partial charge in [0.25, 0.3) is 0 Å². The molecule has 0 amide bonds. The van der Waals surface area contributed by atoms with E-state index in [1.807, 2.05) is 23.8 Å². The van der Waals surface area contributed by atoms with Crippen LogP contribution >= 0.6 is 11.3 Å². The number of pyridine rings is 1. The van der Waals surface area contributed by atoms with Gasteiger partial charge in [-0.05, 0) is 12.1 Å². The van der Waals surface area contributed by atoms with Crippen molar-refractivity contribution in [2.24, 2.45) is 0 Å². The Balaban J connectivity index is 1.54. The van der Waals surface area contributed by atoms with Crippen LogP contribution in [0.15, 0.2) is 41.6 Å². The zero-order valence-electron chi connectivity index (χ0n) is 12.0. The fourth-order valence-electron chi connectivity index (χ4n) is 2.69. The molecular weight excluding hydrogens is 294 g/mol. The van der Waals surface area contributed by atoms with Gasteiger partial charge in [-0.3, -0.25) is 9.88 Å². The third-order valence-corrected chi connectivity index (χ3v) is 4.44. The third kappa shape index (κ3) is 2.75. The average molecular weight is 309 g/mol. The van der Waals surface area contributed by atoms with Gasteiger partial charge in [-0.25, -0.2) is 15.0 Å². The molecule has 0 fully saturated rings. The summed E-state index contributed by atoms with van der Waals surface area (Å²) in [6, 6.07) is 3.90. The SMILES string of the molecule is c1cncc(-c2ncc3c(n2)CCN(Cc2cscn2)C3)c1. The molecule has 0 saturated heterocycles. The van der Waals surface area contributed by atoms with Crippen LogP contribution in [0.3, 0.4) is 0 Å². The van der Waals surface area contributed by atoms with Crippen LogP contribution in [0.5, 0.6) is 0 Å². The highest BCUT2D eigenvalue weighted by Gasteiger charge is 2.19. The zero-order chi connectivity index (χ0) is 14.8. The fraction of sp³-hybridized carbons (Fsp3) is 0.250. The third-order valence-electron chi connectivity index (χ3n) is 3.80. The van der Waals surface area contributed by atoms with Crippen molar-refractivity contribution in [1.82, 2.24) is 24.8 Å². The fourth-order valence-corrected chi connectivity index (χ4v) is 3.24. The lowest BCUT2D eigenvalue weighted by molar-refractivity contribution is 0.240. The highest BCUT2D eigenvalue weighted by molar-refractivity contribution is 7.07. The van der Waals surface area contributed by atoms with E-state index in [4.69, 9.17) is 4.98 Å². The van der Waals surface area contributed by atoms with Crippen molar-refractivity contribution in [3.63, 3.8) is 0 Å². The molecule has 6 heteroatoms. The smallest absolute Gasteiger partial charge is 0.160 e. The van der Waals surface area contributed by atoms with Gasteiger partial charge in [-0.1, -0.05) is 0 Å². The Bertz CT molecular complexity index is 757. The summed E-state index contributed by atoms with van der Waals surface area (Å²) < 4.78 is 0. The second-order valence-electron chi connectivity index (χ2n) is 5.35. The summed E-state index contributed by atoms with van der Waals surface area (Å²) in [5, 5.41) is 2.11. The van der Waals surface area contributed by atoms with Gasteiger partial charge >= 0.3 is 0 Å². The van der Waals surface area contributed by atoms with Crippen LogP contribution in [0.4, 0.5) is 0 Å². The minimum absolute atomic E-state index is 0.764. The van der Waals surface area contributed by atoms with Crippen LogP contribution in [0.2, 0.25) is 0 Å². The Morgan fingerprint density at radius 1 is 1.23 bits per heavy atom. The number of fused-ring (bicyclic) bond motifs is 1. The quantitative estimate of drug-likeness (QED) is 0.744. The van der Waals surface area contributed by atoms with Crippen LogP contribution < -0.4 is 0 Å². The Morgan fingerprint density at radius 3 is 3.05 bits per heavy atom. The first-order valence-corrected chi connectivity index (χ1v) is 8.17. The summed E-state index contributed by atoms with van der Waals surface area (Å²) in [4.78, 5) is 20.1. The topological polar surface area (TPSA) is 54.8 Å². The molecule has 1 aliphatic rings. The highest BCUT2D eigenvalue weighted by atomic mass is 32.1. The second kappa shape index (κ2) is 5.90. The molecule has 22 heavy (non-hydrogen) atoms. The molecule has 0 aromatic carbocycles. The molecule has 4 heterocycles.